The minimum absolute atomic E-state index is 0.0386. The quantitative estimate of drug-likeness (QED) is 0.161. The van der Waals surface area contributed by atoms with Crippen molar-refractivity contribution in [1.82, 2.24) is 30.7 Å². The lowest BCUT2D eigenvalue weighted by Crippen LogP contribution is -2.59. The van der Waals surface area contributed by atoms with Crippen molar-refractivity contribution < 1.29 is 38.1 Å². The molecule has 1 aromatic carbocycles. The summed E-state index contributed by atoms with van der Waals surface area (Å²) in [6.45, 7) is 11.8. The molecule has 1 saturated heterocycles. The van der Waals surface area contributed by atoms with Crippen LogP contribution in [-0.2, 0) is 44.5 Å². The first-order valence-electron chi connectivity index (χ1n) is 19.6. The number of hydrogen-bond donors (Lipinski definition) is 3. The van der Waals surface area contributed by atoms with Crippen LogP contribution in [0.1, 0.15) is 71.0 Å². The molecular formula is C41H66N6O8S. The van der Waals surface area contributed by atoms with Crippen molar-refractivity contribution in [3.05, 3.63) is 52.5 Å². The fraction of sp³-hybridized carbons (Fsp3) is 0.683. The maximum atomic E-state index is 14.2. The average molecular weight is 803 g/mol. The highest BCUT2D eigenvalue weighted by atomic mass is 32.1. The summed E-state index contributed by atoms with van der Waals surface area (Å²) in [6.07, 6.45) is -0.820. The summed E-state index contributed by atoms with van der Waals surface area (Å²) in [5.74, 6) is -1.34. The van der Waals surface area contributed by atoms with Crippen molar-refractivity contribution >= 4 is 35.0 Å². The van der Waals surface area contributed by atoms with Crippen molar-refractivity contribution in [1.29, 1.82) is 0 Å². The second-order valence-corrected chi connectivity index (χ2v) is 16.5. The number of nitrogens with zero attached hydrogens (tertiary/aromatic N) is 3. The molecule has 15 heteroatoms. The molecule has 0 spiro atoms. The fourth-order valence-corrected chi connectivity index (χ4v) is 8.35. The molecule has 314 valence electrons. The van der Waals surface area contributed by atoms with Crippen molar-refractivity contribution in [2.45, 2.75) is 115 Å². The molecule has 56 heavy (non-hydrogen) atoms. The molecule has 0 bridgehead atoms. The zero-order valence-electron chi connectivity index (χ0n) is 35.3. The number of carbonyl (C=O) groups is 4. The van der Waals surface area contributed by atoms with Crippen molar-refractivity contribution in [3.8, 4) is 0 Å². The Labute approximate surface area is 337 Å². The Morgan fingerprint density at radius 2 is 1.59 bits per heavy atom. The van der Waals surface area contributed by atoms with Gasteiger partial charge in [-0.1, -0.05) is 78.3 Å². The second kappa shape index (κ2) is 22.5. The highest BCUT2D eigenvalue weighted by molar-refractivity contribution is 7.09. The van der Waals surface area contributed by atoms with Gasteiger partial charge in [0.25, 0.3) is 5.91 Å². The lowest BCUT2D eigenvalue weighted by Gasteiger charge is -2.40. The Bertz CT molecular complexity index is 1500. The molecule has 2 aromatic rings. The molecule has 0 unspecified atom stereocenters. The summed E-state index contributed by atoms with van der Waals surface area (Å²) >= 11 is 1.46. The second-order valence-electron chi connectivity index (χ2n) is 15.6. The Balaban J connectivity index is 1.72. The van der Waals surface area contributed by atoms with Gasteiger partial charge in [-0.2, -0.15) is 0 Å². The number of rotatable bonds is 22. The normalized spacial score (nSPS) is 21.6. The number of hydrogen-bond acceptors (Lipinski definition) is 11. The lowest BCUT2D eigenvalue weighted by molar-refractivity contribution is -0.144. The van der Waals surface area contributed by atoms with E-state index in [-0.39, 0.29) is 60.4 Å². The third kappa shape index (κ3) is 12.3. The molecule has 1 fully saturated rings. The van der Waals surface area contributed by atoms with Crippen LogP contribution < -0.4 is 16.0 Å². The highest BCUT2D eigenvalue weighted by Gasteiger charge is 2.49. The molecule has 14 nitrogen and oxygen atoms in total. The first-order valence-corrected chi connectivity index (χ1v) is 20.4. The average Bonchev–Trinajstić information content (AvgIpc) is 3.83. The molecule has 3 rings (SSSR count). The number of likely N-dealkylation sites (N-methyl/N-ethyl adjacent to an activating group) is 2. The molecular weight excluding hydrogens is 737 g/mol. The maximum Gasteiger partial charge on any atom is 0.252 e. The van der Waals surface area contributed by atoms with E-state index >= 15 is 0 Å². The van der Waals surface area contributed by atoms with E-state index in [4.69, 9.17) is 18.9 Å². The van der Waals surface area contributed by atoms with Gasteiger partial charge in [-0.15, -0.1) is 11.3 Å². The van der Waals surface area contributed by atoms with E-state index in [0.717, 1.165) is 17.0 Å². The van der Waals surface area contributed by atoms with Gasteiger partial charge in [0.05, 0.1) is 30.7 Å². The first kappa shape index (κ1) is 46.9. The Hall–Kier alpha value is -3.47. The van der Waals surface area contributed by atoms with Gasteiger partial charge in [0.1, 0.15) is 29.4 Å². The standard InChI is InChI=1S/C41H66N6O8S/c1-13-26(6)34(47(9)41(51)32(24(2)3)45-38(49)33(25(4)5)46(7)8)29(52-10)22-31(48)43-23-30-35(53-11)36(54-12)37(55-30)39(50)44-28(40-42-19-20-56-40)21-27-17-15-14-16-18-27/h14-20,24-26,28-30,32-37H,13,21-23H2,1-12H3,(H,43,48)(H,44,50)(H,45,49)/t26-,28-,29-,30+,32-,33-,34-,35+,36-,37-/m0/s1. The molecule has 0 aliphatic carbocycles. The number of aromatic nitrogens is 1. The largest absolute Gasteiger partial charge is 0.379 e. The van der Waals surface area contributed by atoms with Crippen LogP contribution in [0.4, 0.5) is 0 Å². The zero-order valence-corrected chi connectivity index (χ0v) is 36.1. The number of nitrogens with one attached hydrogen (secondary N) is 3. The van der Waals surface area contributed by atoms with Gasteiger partial charge in [-0.25, -0.2) is 4.98 Å². The number of methoxy groups -OCH3 is 3. The maximum absolute atomic E-state index is 14.2. The van der Waals surface area contributed by atoms with E-state index in [1.54, 1.807) is 18.1 Å². The van der Waals surface area contributed by atoms with Crippen molar-refractivity contribution in [3.63, 3.8) is 0 Å². The van der Waals surface area contributed by atoms with Crippen LogP contribution in [0.5, 0.6) is 0 Å². The summed E-state index contributed by atoms with van der Waals surface area (Å²) in [7, 11) is 9.96. The van der Waals surface area contributed by atoms with Crippen LogP contribution in [-0.4, -0.2) is 136 Å². The van der Waals surface area contributed by atoms with E-state index in [0.29, 0.717) is 6.42 Å². The van der Waals surface area contributed by atoms with Gasteiger partial charge in [-0.05, 0) is 43.8 Å². The lowest BCUT2D eigenvalue weighted by atomic mass is 9.89. The molecule has 4 amide bonds. The van der Waals surface area contributed by atoms with Gasteiger partial charge in [-0.3, -0.25) is 24.1 Å². The summed E-state index contributed by atoms with van der Waals surface area (Å²) in [5.41, 5.74) is 1.05. The third-order valence-electron chi connectivity index (χ3n) is 10.7. The highest BCUT2D eigenvalue weighted by Crippen LogP contribution is 2.29. The minimum Gasteiger partial charge on any atom is -0.379 e. The van der Waals surface area contributed by atoms with Gasteiger partial charge in [0, 0.05) is 46.5 Å². The van der Waals surface area contributed by atoms with Gasteiger partial charge >= 0.3 is 0 Å². The minimum atomic E-state index is -1.01. The van der Waals surface area contributed by atoms with Crippen LogP contribution in [0.2, 0.25) is 0 Å². The number of benzene rings is 1. The summed E-state index contributed by atoms with van der Waals surface area (Å²) in [6, 6.07) is 7.82. The van der Waals surface area contributed by atoms with Crippen LogP contribution in [0.3, 0.4) is 0 Å². The van der Waals surface area contributed by atoms with Crippen LogP contribution >= 0.6 is 11.3 Å². The molecule has 1 aromatic heterocycles. The van der Waals surface area contributed by atoms with Gasteiger partial charge in [0.2, 0.25) is 17.7 Å². The number of amides is 4. The monoisotopic (exact) mass is 802 g/mol. The molecule has 10 atom stereocenters. The fourth-order valence-electron chi connectivity index (χ4n) is 7.66. The van der Waals surface area contributed by atoms with E-state index < -0.39 is 48.6 Å². The predicted octanol–water partition coefficient (Wildman–Crippen LogP) is 3.46. The summed E-state index contributed by atoms with van der Waals surface area (Å²) in [4.78, 5) is 62.9. The molecule has 0 radical (unpaired) electrons. The first-order chi connectivity index (χ1) is 26.6. The zero-order chi connectivity index (χ0) is 41.7. The summed E-state index contributed by atoms with van der Waals surface area (Å²) < 4.78 is 23.7. The van der Waals surface area contributed by atoms with E-state index in [1.165, 1.54) is 32.7 Å². The SMILES string of the molecule is CC[C@H](C)[C@@H]([C@H](CC(=O)NC[C@H]1O[C@H](C(=O)N[C@@H](Cc2ccccc2)c2nccs2)[C@@H](OC)[C@@H]1OC)OC)N(C)C(=O)[C@@H](NC(=O)[C@H](C(C)C)N(C)C)C(C)C. The summed E-state index contributed by atoms with van der Waals surface area (Å²) in [5, 5.41) is 11.7. The molecule has 2 heterocycles. The predicted molar refractivity (Wildman–Crippen MR) is 217 cm³/mol. The van der Waals surface area contributed by atoms with Crippen molar-refractivity contribution in [2.24, 2.45) is 17.8 Å². The third-order valence-corrected chi connectivity index (χ3v) is 11.6. The molecule has 0 saturated carbocycles. The number of carbonyl (C=O) groups excluding carboxylic acids is 4. The van der Waals surface area contributed by atoms with Crippen LogP contribution in [0.25, 0.3) is 0 Å². The Morgan fingerprint density at radius 1 is 0.929 bits per heavy atom. The molecule has 3 N–H and O–H groups in total. The smallest absolute Gasteiger partial charge is 0.252 e. The number of ether oxygens (including phenoxy) is 4. The van der Waals surface area contributed by atoms with Gasteiger partial charge < -0.3 is 39.8 Å². The van der Waals surface area contributed by atoms with Gasteiger partial charge in [0.15, 0.2) is 6.10 Å². The van der Waals surface area contributed by atoms with Crippen LogP contribution in [0.15, 0.2) is 41.9 Å². The topological polar surface area (TPSA) is 161 Å². The number of thiazole rings is 1. The molecule has 1 aliphatic heterocycles. The van der Waals surface area contributed by atoms with Crippen molar-refractivity contribution in [2.75, 3.05) is 49.0 Å². The van der Waals surface area contributed by atoms with Crippen LogP contribution in [0, 0.1) is 17.8 Å². The van der Waals surface area contributed by atoms with E-state index in [1.807, 2.05) is 96.2 Å². The van der Waals surface area contributed by atoms with E-state index in [9.17, 15) is 19.2 Å². The Morgan fingerprint density at radius 3 is 2.11 bits per heavy atom. The van der Waals surface area contributed by atoms with E-state index in [2.05, 4.69) is 20.9 Å². The Kier molecular flexibility index (Phi) is 18.8. The molecule has 1 aliphatic rings.